The Labute approximate surface area is 885 Å². The van der Waals surface area contributed by atoms with E-state index in [0.29, 0.717) is 28.1 Å². The van der Waals surface area contributed by atoms with Crippen LogP contribution in [0, 0.1) is 82.9 Å². The number of aromatic nitrogens is 18. The Kier molecular flexibility index (Phi) is 18.5. The molecule has 20 aromatic rings. The van der Waals surface area contributed by atoms with E-state index >= 15 is 0 Å². The van der Waals surface area contributed by atoms with Crippen LogP contribution in [0.3, 0.4) is 0 Å². The Morgan fingerprint density at radius 2 is 0.847 bits per heavy atom. The normalized spacial score (nSPS) is 14.8. The van der Waals surface area contributed by atoms with Gasteiger partial charge in [-0.3, -0.25) is 39.1 Å². The standard InChI is InChI=1S/2C29H26N6O.2C28H25N7O/c2*1-19-9-12-35(18-19)25-14-20(2)13-24(16-25)32-28(36)22-7-6-21(3)27(15-22)34-29-31-11-8-26(33-29)23-5-4-10-30-17-23;2*1-18-11-23(14-24(12-18)35-16-20(3)31-17-35)32-27(36)21-7-6-19(2)26(13-21)34-28-30-10-8-25(33-28)22-5-4-9-29-15-22/h2*4-18H,1-3H3,(H,32,36)(H,31,33,34);2*4-17H,1-3H3,(H,32,36)(H,30,33,34)/i3D3,4D,5D,10D,12D,13D,14D,16D,17D,18D;6D,7D,8D,11D,15D;2D3,4D,5D,9D,11D,12D,14D,15D,16D,17D;4D,5D,9D,11D,12D,14D,15D,16D,17D. The molecule has 4 amide bonds. The maximum atomic E-state index is 13.6. The summed E-state index contributed by atoms with van der Waals surface area (Å²) in [6, 6.07) is 21.5. The number of anilines is 10. The topological polar surface area (TPSA) is 368 Å². The van der Waals surface area contributed by atoms with Gasteiger partial charge < -0.3 is 60.5 Å². The SMILES string of the molecule is [2H]c1nc(=Nc2c([2H])c(C(=O)Nc3cc(C)cc(-n4ccc(C)c4)c3)c([2H])c([2H])c2C)[nH]c(-c2cccnc2)c1[2H].[2H]c1nc([2H])c(-c2ccnc(Nc3cc(C(=O)Nc4c([2H])c(C)c([2H])c(-n5c([2H])cc(C)c5[2H])c4[2H])ccc3C([2H])([2H])[2H])n2)c([2H])c1[2H].[2H]c1nc([2H])c(-c2ccnc(Nc3cc(C(=O)Nc4c([2H])c(C)c([2H])c(-n5c([2H])nc(C)c5[2H])c4[2H])ccc3C([2H])([2H])[2H])n2)c([2H])c1[2H].[2H]c1nc([2H])c(-c2ccnc(Nc3cc(C(=O)Nc4c([2H])c(C)c([2H])c(-n5c([2H])nc(C)c5[2H])c4[2H])ccc3C)n2)c([2H])c1[2H]. The first kappa shape index (κ1) is 59.8. The molecule has 8 aromatic carbocycles. The van der Waals surface area contributed by atoms with Crippen molar-refractivity contribution in [1.29, 1.82) is 0 Å². The van der Waals surface area contributed by atoms with Gasteiger partial charge in [-0.15, -0.1) is 0 Å². The van der Waals surface area contributed by atoms with Crippen molar-refractivity contribution in [3.05, 3.63) is 449 Å². The Hall–Kier alpha value is -19.3. The minimum Gasteiger partial charge on any atom is -0.324 e. The van der Waals surface area contributed by atoms with E-state index in [1.165, 1.54) is 133 Å². The number of benzene rings is 8. The molecule has 0 fully saturated rings. The Balaban J connectivity index is 0.000000160. The third kappa shape index (κ3) is 25.2. The number of amides is 4. The number of nitrogens with one attached hydrogen (secondary N) is 8. The van der Waals surface area contributed by atoms with Gasteiger partial charge in [-0.2, -0.15) is 0 Å². The summed E-state index contributed by atoms with van der Waals surface area (Å²) < 4.78 is 318. The van der Waals surface area contributed by atoms with Crippen molar-refractivity contribution in [2.45, 2.75) is 82.9 Å². The number of hydrogen-bond donors (Lipinski definition) is 8. The molecule has 0 radical (unpaired) electrons. The van der Waals surface area contributed by atoms with Gasteiger partial charge in [-0.25, -0.2) is 49.8 Å². The zero-order chi connectivity index (χ0) is 133. The zero-order valence-corrected chi connectivity index (χ0v) is 77.7. The number of H-pyrrole nitrogens is 1. The molecule has 0 aliphatic rings. The second-order valence-corrected chi connectivity index (χ2v) is 31.4. The fourth-order valence-electron chi connectivity index (χ4n) is 13.4. The van der Waals surface area contributed by atoms with Crippen molar-refractivity contribution in [2.24, 2.45) is 4.99 Å². The van der Waals surface area contributed by atoms with Crippen LogP contribution >= 0.6 is 0 Å². The van der Waals surface area contributed by atoms with E-state index in [1.807, 2.05) is 42.9 Å². The summed E-state index contributed by atoms with van der Waals surface area (Å²) in [6.07, 6.45) is 6.25. The van der Waals surface area contributed by atoms with Crippen molar-refractivity contribution in [3.63, 3.8) is 0 Å². The molecular weight excluding hydrogens is 1800 g/mol. The van der Waals surface area contributed by atoms with E-state index in [-0.39, 0.29) is 285 Å². The Morgan fingerprint density at radius 1 is 0.368 bits per heavy atom. The molecule has 0 bridgehead atoms. The number of carbonyl (C=O) groups excluding carboxylic acids is 4. The van der Waals surface area contributed by atoms with Gasteiger partial charge in [-0.05, 0) is 344 Å². The maximum absolute atomic E-state index is 13.6. The highest BCUT2D eigenvalue weighted by atomic mass is 16.2. The molecule has 0 aliphatic heterocycles. The van der Waals surface area contributed by atoms with Crippen LogP contribution < -0.4 is 42.8 Å². The number of aryl methyl sites for hydroxylation is 8. The van der Waals surface area contributed by atoms with Gasteiger partial charge in [0.15, 0.2) is 0 Å². The fraction of sp³-hybridized carbons (Fsp3) is 0.105. The summed E-state index contributed by atoms with van der Waals surface area (Å²) in [4.78, 5) is 113. The Morgan fingerprint density at radius 3 is 1.30 bits per heavy atom. The molecule has 12 aromatic heterocycles. The van der Waals surface area contributed by atoms with Crippen LogP contribution in [0.1, 0.15) is 161 Å². The molecule has 8 N–H and O–H groups in total. The van der Waals surface area contributed by atoms with E-state index in [0.717, 1.165) is 30.5 Å². The molecule has 12 heterocycles. The van der Waals surface area contributed by atoms with Gasteiger partial charge >= 0.3 is 0 Å². The first-order chi connectivity index (χ1) is 85.6. The molecule has 0 saturated heterocycles. The predicted molar refractivity (Wildman–Crippen MR) is 566 cm³/mol. The average molecular weight is 1940 g/mol. The lowest BCUT2D eigenvalue weighted by molar-refractivity contribution is 0.101. The van der Waals surface area contributed by atoms with Crippen LogP contribution in [0.25, 0.3) is 67.8 Å². The largest absolute Gasteiger partial charge is 0.324 e. The molecule has 0 atom stereocenters. The van der Waals surface area contributed by atoms with Gasteiger partial charge in [0.2, 0.25) is 23.5 Å². The van der Waals surface area contributed by atoms with Crippen LogP contribution in [-0.2, 0) is 0 Å². The molecule has 0 unspecified atom stereocenters. The number of rotatable bonds is 23. The van der Waals surface area contributed by atoms with E-state index in [2.05, 4.69) is 112 Å². The summed E-state index contributed by atoms with van der Waals surface area (Å²) in [7, 11) is 0. The van der Waals surface area contributed by atoms with Gasteiger partial charge in [0.05, 0.1) is 93.6 Å². The summed E-state index contributed by atoms with van der Waals surface area (Å²) in [5.74, 6) is -3.37. The molecule has 712 valence electrons. The van der Waals surface area contributed by atoms with Crippen LogP contribution in [-0.4, -0.2) is 112 Å². The van der Waals surface area contributed by atoms with Crippen molar-refractivity contribution >= 4 is 87.0 Å². The third-order valence-corrected chi connectivity index (χ3v) is 20.2. The summed E-state index contributed by atoms with van der Waals surface area (Å²) in [5.41, 5.74) is 3.99. The third-order valence-electron chi connectivity index (χ3n) is 20.2. The van der Waals surface area contributed by atoms with E-state index in [1.54, 1.807) is 56.4 Å². The minimum atomic E-state index is -2.67. The van der Waals surface area contributed by atoms with Crippen LogP contribution in [0.4, 0.5) is 63.3 Å². The van der Waals surface area contributed by atoms with E-state index in [9.17, 15) is 19.2 Å². The molecule has 20 rings (SSSR count). The van der Waals surface area contributed by atoms with Gasteiger partial charge in [0, 0.05) is 227 Å². The monoisotopic (exact) mass is 1940 g/mol. The van der Waals surface area contributed by atoms with Crippen molar-refractivity contribution < 1.29 is 71.3 Å². The number of carbonyl (C=O) groups is 4. The smallest absolute Gasteiger partial charge is 0.255 e. The lowest BCUT2D eigenvalue weighted by Crippen LogP contribution is -2.14. The molecule has 0 saturated carbocycles. The second kappa shape index (κ2) is 44.5. The van der Waals surface area contributed by atoms with Crippen LogP contribution in [0.5, 0.6) is 0 Å². The number of imidazole rings is 2. The zero-order valence-electron chi connectivity index (χ0n) is 116. The fourth-order valence-corrected chi connectivity index (χ4v) is 13.4. The predicted octanol–water partition coefficient (Wildman–Crippen LogP) is 23.2. The summed E-state index contributed by atoms with van der Waals surface area (Å²) >= 11 is 0. The van der Waals surface area contributed by atoms with Gasteiger partial charge in [0.25, 0.3) is 23.6 Å². The van der Waals surface area contributed by atoms with Crippen molar-refractivity contribution in [3.8, 4) is 67.8 Å². The highest BCUT2D eigenvalue weighted by Gasteiger charge is 2.20. The highest BCUT2D eigenvalue weighted by molar-refractivity contribution is 6.08. The number of pyridine rings is 4. The van der Waals surface area contributed by atoms with Crippen LogP contribution in [0.15, 0.2) is 359 Å². The first-order valence-corrected chi connectivity index (χ1v) is 43.3. The second-order valence-electron chi connectivity index (χ2n) is 31.4. The van der Waals surface area contributed by atoms with Gasteiger partial charge in [0.1, 0.15) is 2.74 Å². The van der Waals surface area contributed by atoms with Crippen molar-refractivity contribution in [1.82, 2.24) is 88.0 Å². The number of hydrogen-bond acceptors (Lipinski definition) is 21. The molecule has 30 nitrogen and oxygen atoms in total. The molecular formula is C114H102N26O4. The van der Waals surface area contributed by atoms with Crippen molar-refractivity contribution in [2.75, 3.05) is 37.2 Å². The summed E-state index contributed by atoms with van der Waals surface area (Å²) in [6.45, 7) is 10.8. The van der Waals surface area contributed by atoms with Crippen LogP contribution in [0.2, 0.25) is 0 Å². The number of nitrogens with zero attached hydrogens (tertiary/aromatic N) is 18. The lowest BCUT2D eigenvalue weighted by Gasteiger charge is -2.13. The molecule has 30 heteroatoms. The first-order valence-electron chi connectivity index (χ1n) is 62.3. The van der Waals surface area contributed by atoms with Gasteiger partial charge in [-0.1, -0.05) is 24.2 Å². The molecule has 0 aliphatic carbocycles. The lowest BCUT2D eigenvalue weighted by atomic mass is 10.1. The summed E-state index contributed by atoms with van der Waals surface area (Å²) in [5, 5.41) is 18.9. The molecule has 0 spiro atoms. The minimum absolute atomic E-state index is 0.00237. The highest BCUT2D eigenvalue weighted by Crippen LogP contribution is 2.32. The average Bonchev–Trinajstić information content (AvgIpc) is 1.49. The quantitative estimate of drug-likeness (QED) is 0.0295. The Bertz CT molecular complexity index is 10200. The molecule has 144 heavy (non-hydrogen) atoms. The van der Waals surface area contributed by atoms with E-state index in [4.69, 9.17) is 52.1 Å². The number of aromatic amines is 1. The maximum Gasteiger partial charge on any atom is 0.255 e. The van der Waals surface area contributed by atoms with E-state index < -0.39 is 129 Å².